The fourth-order valence-electron chi connectivity index (χ4n) is 3.28. The lowest BCUT2D eigenvalue weighted by Gasteiger charge is -2.27. The first kappa shape index (κ1) is 19.3. The molecule has 30 heavy (non-hydrogen) atoms. The Morgan fingerprint density at radius 2 is 0.967 bits per heavy atom. The summed E-state index contributed by atoms with van der Waals surface area (Å²) in [6, 6.07) is 40.4. The van der Waals surface area contributed by atoms with Crippen LogP contribution in [0.4, 0.5) is 17.1 Å². The Kier molecular flexibility index (Phi) is 6.06. The van der Waals surface area contributed by atoms with Crippen molar-refractivity contribution in [3.8, 4) is 0 Å². The van der Waals surface area contributed by atoms with E-state index in [0.29, 0.717) is 12.5 Å². The molecule has 4 rings (SSSR count). The Morgan fingerprint density at radius 1 is 0.567 bits per heavy atom. The van der Waals surface area contributed by atoms with Gasteiger partial charge in [-0.25, -0.2) is 0 Å². The molecule has 4 aromatic rings. The van der Waals surface area contributed by atoms with E-state index in [0.717, 1.165) is 22.6 Å². The Labute approximate surface area is 177 Å². The summed E-state index contributed by atoms with van der Waals surface area (Å²) in [6.07, 6.45) is 0. The molecular weight excluding hydrogens is 368 g/mol. The van der Waals surface area contributed by atoms with E-state index in [2.05, 4.69) is 12.1 Å². The van der Waals surface area contributed by atoms with Crippen molar-refractivity contribution in [2.24, 2.45) is 10.8 Å². The summed E-state index contributed by atoms with van der Waals surface area (Å²) in [5.41, 5.74) is 10.7. The van der Waals surface area contributed by atoms with Gasteiger partial charge in [-0.05, 0) is 42.0 Å². The predicted octanol–water partition coefficient (Wildman–Crippen LogP) is 5.76. The molecule has 0 amide bonds. The number of nitrogens with two attached hydrogens (primary N) is 1. The van der Waals surface area contributed by atoms with Gasteiger partial charge in [-0.3, -0.25) is 9.91 Å². The monoisotopic (exact) mass is 392 g/mol. The predicted molar refractivity (Wildman–Crippen MR) is 126 cm³/mol. The van der Waals surface area contributed by atoms with E-state index in [9.17, 15) is 0 Å². The quantitative estimate of drug-likeness (QED) is 0.258. The van der Waals surface area contributed by atoms with Crippen molar-refractivity contribution in [3.63, 3.8) is 0 Å². The molecule has 0 unspecified atom stereocenters. The van der Waals surface area contributed by atoms with Crippen molar-refractivity contribution in [1.29, 1.82) is 0 Å². The van der Waals surface area contributed by atoms with E-state index in [4.69, 9.17) is 10.8 Å². The number of guanidine groups is 1. The number of hydrogen-bond acceptors (Lipinski definition) is 2. The number of hydrogen-bond donors (Lipinski definition) is 1. The van der Waals surface area contributed by atoms with Crippen LogP contribution in [0.25, 0.3) is 0 Å². The Hall–Kier alpha value is -4.05. The SMILES string of the molecule is NC(=NN(Cc1ccccc1)c1ccccc1)N(c1ccccc1)c1ccccc1. The van der Waals surface area contributed by atoms with Crippen molar-refractivity contribution >= 4 is 23.0 Å². The van der Waals surface area contributed by atoms with Gasteiger partial charge in [0.1, 0.15) is 0 Å². The number of benzene rings is 4. The zero-order valence-electron chi connectivity index (χ0n) is 16.7. The smallest absolute Gasteiger partial charge is 0.223 e. The third-order valence-electron chi connectivity index (χ3n) is 4.71. The zero-order valence-corrected chi connectivity index (χ0v) is 16.7. The molecule has 4 aromatic carbocycles. The fourth-order valence-corrected chi connectivity index (χ4v) is 3.28. The van der Waals surface area contributed by atoms with Crippen LogP contribution in [0.2, 0.25) is 0 Å². The van der Waals surface area contributed by atoms with Gasteiger partial charge in [-0.2, -0.15) is 0 Å². The second kappa shape index (κ2) is 9.43. The van der Waals surface area contributed by atoms with Gasteiger partial charge >= 0.3 is 0 Å². The Morgan fingerprint density at radius 3 is 1.43 bits per heavy atom. The van der Waals surface area contributed by atoms with Gasteiger partial charge in [0.2, 0.25) is 5.96 Å². The van der Waals surface area contributed by atoms with E-state index in [1.54, 1.807) is 0 Å². The maximum Gasteiger partial charge on any atom is 0.223 e. The average Bonchev–Trinajstić information content (AvgIpc) is 2.81. The van der Waals surface area contributed by atoms with Gasteiger partial charge in [0, 0.05) is 11.4 Å². The van der Waals surface area contributed by atoms with Crippen LogP contribution in [0.3, 0.4) is 0 Å². The topological polar surface area (TPSA) is 44.9 Å². The number of hydrazone groups is 1. The standard InChI is InChI=1S/C26H24N4/c27-26(30(24-17-9-3-10-18-24)25-19-11-4-12-20-25)28-29(23-15-7-2-8-16-23)21-22-13-5-1-6-14-22/h1-20H,21H2,(H2,27,28). The minimum Gasteiger partial charge on any atom is -0.368 e. The summed E-state index contributed by atoms with van der Waals surface area (Å²) in [5.74, 6) is 0.396. The molecule has 0 fully saturated rings. The summed E-state index contributed by atoms with van der Waals surface area (Å²) in [4.78, 5) is 1.96. The highest BCUT2D eigenvalue weighted by atomic mass is 15.5. The van der Waals surface area contributed by atoms with Crippen molar-refractivity contribution in [3.05, 3.63) is 127 Å². The van der Waals surface area contributed by atoms with Gasteiger partial charge in [-0.1, -0.05) is 84.9 Å². The Balaban J connectivity index is 1.75. The molecule has 0 bridgehead atoms. The number of nitrogens with zero attached hydrogens (tertiary/aromatic N) is 3. The lowest BCUT2D eigenvalue weighted by atomic mass is 10.2. The summed E-state index contributed by atoms with van der Waals surface area (Å²) in [5, 5.41) is 6.78. The molecule has 0 saturated heterocycles. The highest BCUT2D eigenvalue weighted by Crippen LogP contribution is 2.25. The van der Waals surface area contributed by atoms with Crippen LogP contribution in [0, 0.1) is 0 Å². The first-order valence-electron chi connectivity index (χ1n) is 9.92. The second-order valence-electron chi connectivity index (χ2n) is 6.84. The Bertz CT molecular complexity index is 1030. The molecule has 4 heteroatoms. The van der Waals surface area contributed by atoms with Gasteiger partial charge < -0.3 is 5.73 Å². The molecule has 0 atom stereocenters. The summed E-state index contributed by atoms with van der Waals surface area (Å²) in [7, 11) is 0. The van der Waals surface area contributed by atoms with Gasteiger partial charge in [0.25, 0.3) is 0 Å². The van der Waals surface area contributed by atoms with Crippen molar-refractivity contribution < 1.29 is 0 Å². The summed E-state index contributed by atoms with van der Waals surface area (Å²) < 4.78 is 0. The number of rotatable bonds is 6. The van der Waals surface area contributed by atoms with Crippen molar-refractivity contribution in [2.75, 3.05) is 9.91 Å². The average molecular weight is 393 g/mol. The maximum atomic E-state index is 6.61. The zero-order chi connectivity index (χ0) is 20.6. The van der Waals surface area contributed by atoms with Crippen LogP contribution < -0.4 is 15.6 Å². The third-order valence-corrected chi connectivity index (χ3v) is 4.71. The van der Waals surface area contributed by atoms with Crippen LogP contribution in [0.5, 0.6) is 0 Å². The molecule has 0 aromatic heterocycles. The second-order valence-corrected chi connectivity index (χ2v) is 6.84. The van der Waals surface area contributed by atoms with Crippen LogP contribution in [0.15, 0.2) is 126 Å². The van der Waals surface area contributed by atoms with E-state index >= 15 is 0 Å². The van der Waals surface area contributed by atoms with Crippen molar-refractivity contribution in [1.82, 2.24) is 0 Å². The molecule has 0 aliphatic carbocycles. The highest BCUT2D eigenvalue weighted by Gasteiger charge is 2.15. The van der Waals surface area contributed by atoms with Crippen LogP contribution in [-0.2, 0) is 6.54 Å². The highest BCUT2D eigenvalue weighted by molar-refractivity contribution is 6.02. The van der Waals surface area contributed by atoms with Crippen LogP contribution in [0.1, 0.15) is 5.56 Å². The van der Waals surface area contributed by atoms with E-state index in [-0.39, 0.29) is 0 Å². The van der Waals surface area contributed by atoms with Gasteiger partial charge in [-0.15, -0.1) is 5.10 Å². The lowest BCUT2D eigenvalue weighted by molar-refractivity contribution is 0.848. The molecular formula is C26H24N4. The molecule has 0 spiro atoms. The molecule has 2 N–H and O–H groups in total. The summed E-state index contributed by atoms with van der Waals surface area (Å²) >= 11 is 0. The largest absolute Gasteiger partial charge is 0.368 e. The van der Waals surface area contributed by atoms with Crippen LogP contribution >= 0.6 is 0 Å². The van der Waals surface area contributed by atoms with E-state index in [1.165, 1.54) is 0 Å². The first-order valence-corrected chi connectivity index (χ1v) is 9.92. The molecule has 0 aliphatic heterocycles. The normalized spacial score (nSPS) is 11.1. The molecule has 0 heterocycles. The molecule has 0 saturated carbocycles. The van der Waals surface area contributed by atoms with Gasteiger partial charge in [0.15, 0.2) is 0 Å². The van der Waals surface area contributed by atoms with E-state index in [1.807, 2.05) is 119 Å². The maximum absolute atomic E-state index is 6.61. The third kappa shape index (κ3) is 4.67. The van der Waals surface area contributed by atoms with Gasteiger partial charge in [0.05, 0.1) is 12.2 Å². The fraction of sp³-hybridized carbons (Fsp3) is 0.0385. The molecule has 148 valence electrons. The van der Waals surface area contributed by atoms with Crippen molar-refractivity contribution in [2.45, 2.75) is 6.54 Å². The lowest BCUT2D eigenvalue weighted by Crippen LogP contribution is -2.36. The molecule has 0 radical (unpaired) electrons. The molecule has 0 aliphatic rings. The number of anilines is 3. The minimum absolute atomic E-state index is 0.396. The summed E-state index contributed by atoms with van der Waals surface area (Å²) in [6.45, 7) is 0.614. The number of para-hydroxylation sites is 3. The molecule has 4 nitrogen and oxygen atoms in total. The minimum atomic E-state index is 0.396. The first-order chi connectivity index (χ1) is 14.8. The van der Waals surface area contributed by atoms with Crippen LogP contribution in [-0.4, -0.2) is 5.96 Å². The van der Waals surface area contributed by atoms with E-state index < -0.39 is 0 Å².